The fourth-order valence-corrected chi connectivity index (χ4v) is 2.11. The molecule has 0 amide bonds. The van der Waals surface area contributed by atoms with Crippen LogP contribution in [0.15, 0.2) is 18.2 Å². The third kappa shape index (κ3) is 2.75. The number of hydrogen-bond acceptors (Lipinski definition) is 2. The van der Waals surface area contributed by atoms with Crippen LogP contribution in [-0.2, 0) is 6.18 Å². The van der Waals surface area contributed by atoms with E-state index < -0.39 is 23.7 Å². The maximum absolute atomic E-state index is 13.7. The molecule has 2 rings (SSSR count). The first-order valence-electron chi connectivity index (χ1n) is 5.67. The molecule has 0 spiro atoms. The zero-order valence-electron chi connectivity index (χ0n) is 9.54. The van der Waals surface area contributed by atoms with Gasteiger partial charge in [0, 0.05) is 13.1 Å². The number of β-amino-alcohol motifs (C(OH)–C–C–N with tert-alkyl or cyclic N) is 1. The Labute approximate surface area is 102 Å². The zero-order chi connectivity index (χ0) is 13.3. The molecule has 0 bridgehead atoms. The smallest absolute Gasteiger partial charge is 0.391 e. The lowest BCUT2D eigenvalue weighted by atomic mass is 10.1. The number of hydrogen-bond donors (Lipinski definition) is 1. The molecule has 1 saturated heterocycles. The number of aliphatic hydroxyl groups is 1. The molecule has 0 aromatic heterocycles. The molecule has 6 heteroatoms. The van der Waals surface area contributed by atoms with E-state index >= 15 is 0 Å². The predicted octanol–water partition coefficient (Wildman–Crippen LogP) is 2.81. The number of alkyl halides is 3. The molecule has 1 aromatic rings. The van der Waals surface area contributed by atoms with Gasteiger partial charge in [-0.15, -0.1) is 0 Å². The molecule has 18 heavy (non-hydrogen) atoms. The Morgan fingerprint density at radius 2 is 2.00 bits per heavy atom. The largest absolute Gasteiger partial charge is 0.416 e. The van der Waals surface area contributed by atoms with Gasteiger partial charge < -0.3 is 10.0 Å². The first kappa shape index (κ1) is 13.1. The molecule has 100 valence electrons. The van der Waals surface area contributed by atoms with Crippen LogP contribution in [-0.4, -0.2) is 24.3 Å². The summed E-state index contributed by atoms with van der Waals surface area (Å²) < 4.78 is 50.8. The van der Waals surface area contributed by atoms with Gasteiger partial charge in [-0.1, -0.05) is 0 Å². The Morgan fingerprint density at radius 3 is 2.56 bits per heavy atom. The summed E-state index contributed by atoms with van der Waals surface area (Å²) in [7, 11) is 0. The van der Waals surface area contributed by atoms with E-state index in [1.165, 1.54) is 0 Å². The lowest BCUT2D eigenvalue weighted by Gasteiger charge is -2.32. The van der Waals surface area contributed by atoms with E-state index in [-0.39, 0.29) is 12.2 Å². The number of anilines is 1. The van der Waals surface area contributed by atoms with Crippen LogP contribution in [0.1, 0.15) is 18.4 Å². The molecule has 1 aliphatic heterocycles. The van der Waals surface area contributed by atoms with E-state index in [4.69, 9.17) is 0 Å². The molecule has 0 unspecified atom stereocenters. The standard InChI is InChI=1S/C12H13F4NO/c13-10-6-8(12(14,15)16)3-4-11(10)17-5-1-2-9(18)7-17/h3-4,6,9,18H,1-2,5,7H2/t9-/m0/s1. The van der Waals surface area contributed by atoms with Crippen LogP contribution in [0.2, 0.25) is 0 Å². The van der Waals surface area contributed by atoms with E-state index in [2.05, 4.69) is 0 Å². The zero-order valence-corrected chi connectivity index (χ0v) is 9.54. The second kappa shape index (κ2) is 4.76. The van der Waals surface area contributed by atoms with Crippen LogP contribution in [0.25, 0.3) is 0 Å². The molecule has 1 N–H and O–H groups in total. The maximum atomic E-state index is 13.7. The number of piperidine rings is 1. The highest BCUT2D eigenvalue weighted by Crippen LogP contribution is 2.32. The van der Waals surface area contributed by atoms with Crippen LogP contribution in [0, 0.1) is 5.82 Å². The first-order chi connectivity index (χ1) is 8.38. The van der Waals surface area contributed by atoms with Crippen molar-refractivity contribution in [3.63, 3.8) is 0 Å². The summed E-state index contributed by atoms with van der Waals surface area (Å²) in [6, 6.07) is 2.48. The second-order valence-electron chi connectivity index (χ2n) is 4.41. The molecule has 0 aliphatic carbocycles. The Morgan fingerprint density at radius 1 is 1.28 bits per heavy atom. The summed E-state index contributed by atoms with van der Waals surface area (Å²) in [6.07, 6.45) is -3.76. The topological polar surface area (TPSA) is 23.5 Å². The van der Waals surface area contributed by atoms with E-state index in [1.807, 2.05) is 0 Å². The molecule has 0 saturated carbocycles. The summed E-state index contributed by atoms with van der Waals surface area (Å²) in [4.78, 5) is 1.57. The molecule has 1 aromatic carbocycles. The van der Waals surface area contributed by atoms with Gasteiger partial charge in [0.25, 0.3) is 0 Å². The van der Waals surface area contributed by atoms with Crippen LogP contribution >= 0.6 is 0 Å². The molecule has 0 radical (unpaired) electrons. The summed E-state index contributed by atoms with van der Waals surface area (Å²) in [6.45, 7) is 0.793. The average Bonchev–Trinajstić information content (AvgIpc) is 2.27. The molecule has 1 atom stereocenters. The third-order valence-electron chi connectivity index (χ3n) is 3.01. The average molecular weight is 263 g/mol. The van der Waals surface area contributed by atoms with Crippen LogP contribution < -0.4 is 4.90 Å². The van der Waals surface area contributed by atoms with Crippen molar-refractivity contribution in [3.05, 3.63) is 29.6 Å². The number of halogens is 4. The SMILES string of the molecule is O[C@H]1CCCN(c2ccc(C(F)(F)F)cc2F)C1. The number of nitrogens with zero attached hydrogens (tertiary/aromatic N) is 1. The van der Waals surface area contributed by atoms with Crippen molar-refractivity contribution in [2.75, 3.05) is 18.0 Å². The van der Waals surface area contributed by atoms with Crippen LogP contribution in [0.4, 0.5) is 23.2 Å². The Bertz CT molecular complexity index is 433. The monoisotopic (exact) mass is 263 g/mol. The maximum Gasteiger partial charge on any atom is 0.416 e. The molecule has 2 nitrogen and oxygen atoms in total. The highest BCUT2D eigenvalue weighted by Gasteiger charge is 2.32. The fourth-order valence-electron chi connectivity index (χ4n) is 2.11. The van der Waals surface area contributed by atoms with Gasteiger partial charge in [0.15, 0.2) is 0 Å². The van der Waals surface area contributed by atoms with Crippen LogP contribution in [0.5, 0.6) is 0 Å². The highest BCUT2D eigenvalue weighted by atomic mass is 19.4. The van der Waals surface area contributed by atoms with Gasteiger partial charge in [0.1, 0.15) is 5.82 Å². The van der Waals surface area contributed by atoms with E-state index in [0.717, 1.165) is 12.1 Å². The van der Waals surface area contributed by atoms with Crippen molar-refractivity contribution in [2.45, 2.75) is 25.1 Å². The number of aliphatic hydroxyl groups excluding tert-OH is 1. The van der Waals surface area contributed by atoms with E-state index in [9.17, 15) is 22.7 Å². The first-order valence-corrected chi connectivity index (χ1v) is 5.67. The van der Waals surface area contributed by atoms with Crippen molar-refractivity contribution < 1.29 is 22.7 Å². The van der Waals surface area contributed by atoms with Gasteiger partial charge in [-0.25, -0.2) is 4.39 Å². The van der Waals surface area contributed by atoms with E-state index in [1.54, 1.807) is 4.90 Å². The van der Waals surface area contributed by atoms with Gasteiger partial charge in [-0.2, -0.15) is 13.2 Å². The fraction of sp³-hybridized carbons (Fsp3) is 0.500. The summed E-state index contributed by atoms with van der Waals surface area (Å²) in [5, 5.41) is 9.47. The van der Waals surface area contributed by atoms with Crippen molar-refractivity contribution >= 4 is 5.69 Å². The van der Waals surface area contributed by atoms with Crippen molar-refractivity contribution in [3.8, 4) is 0 Å². The quantitative estimate of drug-likeness (QED) is 0.787. The minimum atomic E-state index is -4.54. The Kier molecular flexibility index (Phi) is 3.47. The normalized spacial score (nSPS) is 21.2. The van der Waals surface area contributed by atoms with Crippen LogP contribution in [0.3, 0.4) is 0 Å². The third-order valence-corrected chi connectivity index (χ3v) is 3.01. The molecule has 1 aliphatic rings. The summed E-state index contributed by atoms with van der Waals surface area (Å²) in [5.74, 6) is -0.904. The second-order valence-corrected chi connectivity index (χ2v) is 4.41. The summed E-state index contributed by atoms with van der Waals surface area (Å²) >= 11 is 0. The minimum Gasteiger partial charge on any atom is -0.391 e. The molecule has 1 heterocycles. The molecular formula is C12H13F4NO. The van der Waals surface area contributed by atoms with Crippen molar-refractivity contribution in [2.24, 2.45) is 0 Å². The number of rotatable bonds is 1. The predicted molar refractivity (Wildman–Crippen MR) is 58.9 cm³/mol. The molecular weight excluding hydrogens is 250 g/mol. The lowest BCUT2D eigenvalue weighted by Crippen LogP contribution is -2.38. The van der Waals surface area contributed by atoms with Gasteiger partial charge in [0.2, 0.25) is 0 Å². The molecule has 1 fully saturated rings. The lowest BCUT2D eigenvalue weighted by molar-refractivity contribution is -0.137. The highest BCUT2D eigenvalue weighted by molar-refractivity contribution is 5.50. The van der Waals surface area contributed by atoms with E-state index in [0.29, 0.717) is 25.5 Å². The Balaban J connectivity index is 2.24. The van der Waals surface area contributed by atoms with Gasteiger partial charge in [-0.3, -0.25) is 0 Å². The Hall–Kier alpha value is -1.30. The van der Waals surface area contributed by atoms with Gasteiger partial charge >= 0.3 is 6.18 Å². The minimum absolute atomic E-state index is 0.113. The van der Waals surface area contributed by atoms with Gasteiger partial charge in [-0.05, 0) is 31.0 Å². The summed E-state index contributed by atoms with van der Waals surface area (Å²) in [5.41, 5.74) is -0.886. The van der Waals surface area contributed by atoms with Crippen molar-refractivity contribution in [1.29, 1.82) is 0 Å². The van der Waals surface area contributed by atoms with Gasteiger partial charge in [0.05, 0.1) is 17.4 Å². The van der Waals surface area contributed by atoms with Crippen molar-refractivity contribution in [1.82, 2.24) is 0 Å². The number of benzene rings is 1.